The number of phosphoric acid groups is 1. The normalized spacial score (nSPS) is 14.2. The van der Waals surface area contributed by atoms with Crippen molar-refractivity contribution in [2.24, 2.45) is 0 Å². The van der Waals surface area contributed by atoms with Gasteiger partial charge in [0.05, 0.1) is 27.7 Å². The number of unbranched alkanes of at least 4 members (excludes halogenated alkanes) is 13. The van der Waals surface area contributed by atoms with Gasteiger partial charge in [0.1, 0.15) is 19.8 Å². The van der Waals surface area contributed by atoms with Gasteiger partial charge in [-0.2, -0.15) is 0 Å². The van der Waals surface area contributed by atoms with Gasteiger partial charge in [-0.05, 0) is 51.4 Å². The number of hydrogen-bond acceptors (Lipinski definition) is 7. The predicted molar refractivity (Wildman–Crippen MR) is 210 cm³/mol. The van der Waals surface area contributed by atoms with E-state index in [1.807, 2.05) is 21.1 Å². The van der Waals surface area contributed by atoms with Crippen LogP contribution in [0.3, 0.4) is 0 Å². The summed E-state index contributed by atoms with van der Waals surface area (Å²) in [4.78, 5) is 35.2. The molecule has 0 aliphatic heterocycles. The standard InChI is InChI=1S/C41H74NO8P/c1-6-8-10-12-14-16-18-20-21-22-24-26-28-30-32-34-41(44)50-39(38-49-51(45,46)48-36-35-42(3,4)5)37-47-40(43)33-31-29-27-25-23-19-17-15-13-11-9-7-2/h8,10,14,16,20-21,24,26,39H,6-7,9,11-13,15,17-19,22-23,25,27-38H2,1-5H3/p+1/b10-8-,16-14-,21-20-,26-24-. The summed E-state index contributed by atoms with van der Waals surface area (Å²) in [7, 11) is 1.44. The molecule has 2 atom stereocenters. The summed E-state index contributed by atoms with van der Waals surface area (Å²) in [6, 6.07) is 0. The van der Waals surface area contributed by atoms with Crippen molar-refractivity contribution in [3.05, 3.63) is 48.6 Å². The monoisotopic (exact) mass is 741 g/mol. The Bertz CT molecular complexity index is 1020. The fraction of sp³-hybridized carbons (Fsp3) is 0.756. The van der Waals surface area contributed by atoms with Crippen LogP contribution in [0.25, 0.3) is 0 Å². The molecule has 0 aromatic carbocycles. The Balaban J connectivity index is 4.51. The minimum absolute atomic E-state index is 0.0229. The number of phosphoric ester groups is 1. The quantitative estimate of drug-likeness (QED) is 0.0225. The summed E-state index contributed by atoms with van der Waals surface area (Å²) in [5.74, 6) is -0.850. The lowest BCUT2D eigenvalue weighted by atomic mass is 10.0. The molecule has 0 spiro atoms. The molecule has 0 rings (SSSR count). The van der Waals surface area contributed by atoms with Gasteiger partial charge in [-0.15, -0.1) is 0 Å². The summed E-state index contributed by atoms with van der Waals surface area (Å²) in [5, 5.41) is 0. The Kier molecular flexibility index (Phi) is 32.4. The fourth-order valence-corrected chi connectivity index (χ4v) is 5.74. The number of ether oxygens (including phenoxy) is 2. The third-order valence-electron chi connectivity index (χ3n) is 8.12. The van der Waals surface area contributed by atoms with E-state index in [-0.39, 0.29) is 32.0 Å². The van der Waals surface area contributed by atoms with Crippen LogP contribution in [0, 0.1) is 0 Å². The van der Waals surface area contributed by atoms with Crippen LogP contribution in [0.1, 0.15) is 149 Å². The molecular weight excluding hydrogens is 665 g/mol. The molecule has 9 nitrogen and oxygen atoms in total. The smallest absolute Gasteiger partial charge is 0.462 e. The van der Waals surface area contributed by atoms with Crippen LogP contribution in [0.2, 0.25) is 0 Å². The largest absolute Gasteiger partial charge is 0.472 e. The van der Waals surface area contributed by atoms with Gasteiger partial charge in [0.25, 0.3) is 0 Å². The minimum Gasteiger partial charge on any atom is -0.462 e. The molecule has 1 N–H and O–H groups in total. The number of likely N-dealkylation sites (N-methyl/N-ethyl adjacent to an activating group) is 1. The van der Waals surface area contributed by atoms with E-state index in [9.17, 15) is 19.0 Å². The second-order valence-corrected chi connectivity index (χ2v) is 15.7. The van der Waals surface area contributed by atoms with Crippen molar-refractivity contribution in [3.8, 4) is 0 Å². The zero-order valence-corrected chi connectivity index (χ0v) is 34.0. The average molecular weight is 741 g/mol. The molecule has 10 heteroatoms. The lowest BCUT2D eigenvalue weighted by Gasteiger charge is -2.24. The van der Waals surface area contributed by atoms with E-state index in [0.29, 0.717) is 17.4 Å². The molecule has 296 valence electrons. The highest BCUT2D eigenvalue weighted by Crippen LogP contribution is 2.43. The van der Waals surface area contributed by atoms with Crippen LogP contribution in [0.15, 0.2) is 48.6 Å². The Morgan fingerprint density at radius 1 is 0.627 bits per heavy atom. The molecule has 0 saturated carbocycles. The van der Waals surface area contributed by atoms with Gasteiger partial charge in [0.15, 0.2) is 6.10 Å². The third-order valence-corrected chi connectivity index (χ3v) is 9.11. The van der Waals surface area contributed by atoms with Gasteiger partial charge in [0, 0.05) is 12.8 Å². The summed E-state index contributed by atoms with van der Waals surface area (Å²) in [6.07, 6.45) is 37.3. The van der Waals surface area contributed by atoms with E-state index in [0.717, 1.165) is 57.8 Å². The molecule has 0 heterocycles. The first kappa shape index (κ1) is 49.0. The molecule has 0 amide bonds. The first-order chi connectivity index (χ1) is 24.5. The molecule has 0 aliphatic rings. The number of carbonyl (C=O) groups is 2. The van der Waals surface area contributed by atoms with Gasteiger partial charge >= 0.3 is 19.8 Å². The van der Waals surface area contributed by atoms with Gasteiger partial charge < -0.3 is 18.9 Å². The zero-order valence-electron chi connectivity index (χ0n) is 33.1. The molecular formula is C41H75NO8P+. The van der Waals surface area contributed by atoms with Gasteiger partial charge in [-0.1, -0.05) is 133 Å². The highest BCUT2D eigenvalue weighted by Gasteiger charge is 2.27. The SMILES string of the molecule is CC/C=C\C/C=C\C/C=C\C/C=C\CCCCC(=O)OC(COC(=O)CCCCCCCCCCCCCC)COP(=O)(O)OCC[N+](C)(C)C. The van der Waals surface area contributed by atoms with E-state index in [4.69, 9.17) is 18.5 Å². The molecule has 0 fully saturated rings. The Morgan fingerprint density at radius 2 is 1.12 bits per heavy atom. The van der Waals surface area contributed by atoms with E-state index in [1.54, 1.807) is 0 Å². The molecule has 0 aromatic heterocycles. The van der Waals surface area contributed by atoms with Crippen molar-refractivity contribution in [1.82, 2.24) is 0 Å². The van der Waals surface area contributed by atoms with Crippen LogP contribution in [-0.4, -0.2) is 74.9 Å². The second-order valence-electron chi connectivity index (χ2n) is 14.3. The first-order valence-electron chi connectivity index (χ1n) is 19.9. The van der Waals surface area contributed by atoms with E-state index in [1.165, 1.54) is 57.8 Å². The summed E-state index contributed by atoms with van der Waals surface area (Å²) in [5.41, 5.74) is 0. The van der Waals surface area contributed by atoms with Crippen molar-refractivity contribution in [1.29, 1.82) is 0 Å². The van der Waals surface area contributed by atoms with Gasteiger partial charge in [-0.25, -0.2) is 4.57 Å². The maximum atomic E-state index is 12.6. The fourth-order valence-electron chi connectivity index (χ4n) is 5.00. The molecule has 0 radical (unpaired) electrons. The zero-order chi connectivity index (χ0) is 37.9. The first-order valence-corrected chi connectivity index (χ1v) is 21.4. The maximum Gasteiger partial charge on any atom is 0.472 e. The molecule has 0 aromatic rings. The minimum atomic E-state index is -4.38. The summed E-state index contributed by atoms with van der Waals surface area (Å²) >= 11 is 0. The van der Waals surface area contributed by atoms with Crippen molar-refractivity contribution < 1.29 is 42.1 Å². The molecule has 51 heavy (non-hydrogen) atoms. The van der Waals surface area contributed by atoms with Crippen molar-refractivity contribution in [2.75, 3.05) is 47.5 Å². The van der Waals surface area contributed by atoms with Crippen molar-refractivity contribution >= 4 is 19.8 Å². The van der Waals surface area contributed by atoms with E-state index >= 15 is 0 Å². The van der Waals surface area contributed by atoms with E-state index < -0.39 is 26.5 Å². The number of nitrogens with zero attached hydrogens (tertiary/aromatic N) is 1. The second kappa shape index (κ2) is 33.8. The topological polar surface area (TPSA) is 108 Å². The van der Waals surface area contributed by atoms with Crippen LogP contribution in [0.5, 0.6) is 0 Å². The molecule has 0 aliphatic carbocycles. The summed E-state index contributed by atoms with van der Waals surface area (Å²) in [6.45, 7) is 4.23. The number of carbonyl (C=O) groups excluding carboxylic acids is 2. The lowest BCUT2D eigenvalue weighted by Crippen LogP contribution is -2.37. The lowest BCUT2D eigenvalue weighted by molar-refractivity contribution is -0.870. The van der Waals surface area contributed by atoms with Crippen LogP contribution in [0.4, 0.5) is 0 Å². The molecule has 0 bridgehead atoms. The van der Waals surface area contributed by atoms with Crippen molar-refractivity contribution in [3.63, 3.8) is 0 Å². The van der Waals surface area contributed by atoms with Crippen LogP contribution in [-0.2, 0) is 32.7 Å². The average Bonchev–Trinajstić information content (AvgIpc) is 3.07. The predicted octanol–water partition coefficient (Wildman–Crippen LogP) is 10.7. The van der Waals surface area contributed by atoms with Crippen LogP contribution >= 0.6 is 7.82 Å². The Morgan fingerprint density at radius 3 is 1.67 bits per heavy atom. The number of quaternary nitrogens is 1. The Hall–Kier alpha value is -2.03. The molecule has 2 unspecified atom stereocenters. The number of hydrogen-bond donors (Lipinski definition) is 1. The van der Waals surface area contributed by atoms with Crippen LogP contribution < -0.4 is 0 Å². The maximum absolute atomic E-state index is 12.6. The third kappa shape index (κ3) is 37.5. The molecule has 0 saturated heterocycles. The van der Waals surface area contributed by atoms with Gasteiger partial charge in [-0.3, -0.25) is 18.6 Å². The highest BCUT2D eigenvalue weighted by atomic mass is 31.2. The van der Waals surface area contributed by atoms with E-state index in [2.05, 4.69) is 62.5 Å². The summed E-state index contributed by atoms with van der Waals surface area (Å²) < 4.78 is 34.1. The highest BCUT2D eigenvalue weighted by molar-refractivity contribution is 7.47. The Labute approximate surface area is 312 Å². The number of esters is 2. The number of rotatable bonds is 35. The van der Waals surface area contributed by atoms with Gasteiger partial charge in [0.2, 0.25) is 0 Å². The number of allylic oxidation sites excluding steroid dienone is 8. The van der Waals surface area contributed by atoms with Crippen molar-refractivity contribution in [2.45, 2.75) is 155 Å².